The molecule has 1 saturated carbocycles. The average Bonchev–Trinajstić information content (AvgIpc) is 2.86. The van der Waals surface area contributed by atoms with Crippen molar-refractivity contribution in [2.45, 2.75) is 37.7 Å². The third kappa shape index (κ3) is 3.71. The number of hydrogen-bond donors (Lipinski definition) is 4. The summed E-state index contributed by atoms with van der Waals surface area (Å²) in [6, 6.07) is 0.950. The number of anilines is 1. The van der Waals surface area contributed by atoms with Crippen LogP contribution in [-0.2, 0) is 0 Å². The van der Waals surface area contributed by atoms with Gasteiger partial charge in [-0.05, 0) is 24.3 Å². The molecular formula is C13H18N2O4S. The summed E-state index contributed by atoms with van der Waals surface area (Å²) in [7, 11) is 0. The molecule has 110 valence electrons. The second-order valence-electron chi connectivity index (χ2n) is 5.06. The number of carboxylic acids is 1. The summed E-state index contributed by atoms with van der Waals surface area (Å²) in [6.07, 6.45) is 4.42. The number of carboxylic acid groups (broad SMARTS) is 1. The summed E-state index contributed by atoms with van der Waals surface area (Å²) in [5.41, 5.74) is -0.762. The van der Waals surface area contributed by atoms with Gasteiger partial charge in [-0.15, -0.1) is 11.3 Å². The second kappa shape index (κ2) is 6.23. The quantitative estimate of drug-likeness (QED) is 0.685. The third-order valence-electron chi connectivity index (χ3n) is 3.48. The van der Waals surface area contributed by atoms with Crippen LogP contribution < -0.4 is 10.6 Å². The van der Waals surface area contributed by atoms with E-state index in [9.17, 15) is 14.7 Å². The lowest BCUT2D eigenvalue weighted by atomic mass is 9.85. The van der Waals surface area contributed by atoms with Crippen molar-refractivity contribution in [3.05, 3.63) is 17.0 Å². The highest BCUT2D eigenvalue weighted by molar-refractivity contribution is 7.14. The van der Waals surface area contributed by atoms with Crippen molar-refractivity contribution in [2.75, 3.05) is 11.9 Å². The molecule has 1 heterocycles. The highest BCUT2D eigenvalue weighted by atomic mass is 32.1. The summed E-state index contributed by atoms with van der Waals surface area (Å²) in [5.74, 6) is -1.08. The molecule has 1 fully saturated rings. The van der Waals surface area contributed by atoms with Crippen LogP contribution in [0, 0.1) is 0 Å². The monoisotopic (exact) mass is 298 g/mol. The Morgan fingerprint density at radius 2 is 2.00 bits per heavy atom. The normalized spacial score (nSPS) is 17.4. The van der Waals surface area contributed by atoms with Gasteiger partial charge in [0.2, 0.25) is 0 Å². The Labute approximate surface area is 120 Å². The van der Waals surface area contributed by atoms with Crippen LogP contribution >= 0.6 is 11.3 Å². The predicted octanol–water partition coefficient (Wildman–Crippen LogP) is 2.26. The van der Waals surface area contributed by atoms with E-state index in [4.69, 9.17) is 5.11 Å². The Kier molecular flexibility index (Phi) is 4.61. The van der Waals surface area contributed by atoms with Crippen LogP contribution in [0.15, 0.2) is 11.4 Å². The second-order valence-corrected chi connectivity index (χ2v) is 5.98. The van der Waals surface area contributed by atoms with Crippen LogP contribution in [0.25, 0.3) is 0 Å². The van der Waals surface area contributed by atoms with Crippen LogP contribution in [0.4, 0.5) is 9.80 Å². The zero-order chi connectivity index (χ0) is 14.6. The maximum atomic E-state index is 11.8. The van der Waals surface area contributed by atoms with Crippen molar-refractivity contribution in [3.8, 4) is 0 Å². The number of carbonyl (C=O) groups is 2. The van der Waals surface area contributed by atoms with Crippen LogP contribution in [-0.4, -0.2) is 34.4 Å². The fourth-order valence-corrected chi connectivity index (χ4v) is 3.13. The summed E-state index contributed by atoms with van der Waals surface area (Å²) < 4.78 is 0. The molecule has 4 N–H and O–H groups in total. The first kappa shape index (κ1) is 14.8. The van der Waals surface area contributed by atoms with E-state index in [-0.39, 0.29) is 12.1 Å². The lowest BCUT2D eigenvalue weighted by Gasteiger charge is -2.32. The number of nitrogens with one attached hydrogen (secondary N) is 2. The molecule has 1 aliphatic rings. The molecule has 0 bridgehead atoms. The molecule has 0 unspecified atom stereocenters. The summed E-state index contributed by atoms with van der Waals surface area (Å²) in [4.78, 5) is 22.7. The lowest BCUT2D eigenvalue weighted by Crippen LogP contribution is -2.45. The minimum Gasteiger partial charge on any atom is -0.478 e. The van der Waals surface area contributed by atoms with Crippen LogP contribution in [0.2, 0.25) is 0 Å². The first-order valence-corrected chi connectivity index (χ1v) is 7.46. The molecule has 1 aromatic heterocycles. The van der Waals surface area contributed by atoms with Crippen molar-refractivity contribution in [2.24, 2.45) is 0 Å². The molecule has 2 amide bonds. The van der Waals surface area contributed by atoms with Crippen molar-refractivity contribution < 1.29 is 19.8 Å². The average molecular weight is 298 g/mol. The van der Waals surface area contributed by atoms with Crippen LogP contribution in [0.3, 0.4) is 0 Å². The van der Waals surface area contributed by atoms with Gasteiger partial charge in [-0.1, -0.05) is 19.3 Å². The van der Waals surface area contributed by atoms with Gasteiger partial charge in [0, 0.05) is 6.54 Å². The molecule has 0 atom stereocenters. The first-order valence-electron chi connectivity index (χ1n) is 6.58. The Balaban J connectivity index is 1.86. The SMILES string of the molecule is O=C(NCC1(O)CCCCC1)Nc1sccc1C(=O)O. The topological polar surface area (TPSA) is 98.7 Å². The fraction of sp³-hybridized carbons (Fsp3) is 0.538. The van der Waals surface area contributed by atoms with Gasteiger partial charge in [-0.25, -0.2) is 9.59 Å². The third-order valence-corrected chi connectivity index (χ3v) is 4.31. The summed E-state index contributed by atoms with van der Waals surface area (Å²) in [6.45, 7) is 0.187. The highest BCUT2D eigenvalue weighted by Gasteiger charge is 2.29. The minimum absolute atomic E-state index is 0.0709. The van der Waals surface area contributed by atoms with Crippen molar-refractivity contribution in [1.29, 1.82) is 0 Å². The van der Waals surface area contributed by atoms with Gasteiger partial charge in [0.1, 0.15) is 5.00 Å². The number of amides is 2. The number of hydrogen-bond acceptors (Lipinski definition) is 4. The van der Waals surface area contributed by atoms with E-state index >= 15 is 0 Å². The van der Waals surface area contributed by atoms with Gasteiger partial charge in [0.25, 0.3) is 0 Å². The fourth-order valence-electron chi connectivity index (χ4n) is 2.35. The van der Waals surface area contributed by atoms with Crippen molar-refractivity contribution in [1.82, 2.24) is 5.32 Å². The van der Waals surface area contributed by atoms with Gasteiger partial charge in [0.05, 0.1) is 11.2 Å². The van der Waals surface area contributed by atoms with Gasteiger partial charge < -0.3 is 15.5 Å². The van der Waals surface area contributed by atoms with E-state index < -0.39 is 17.6 Å². The Bertz CT molecular complexity index is 494. The van der Waals surface area contributed by atoms with E-state index in [1.165, 1.54) is 6.07 Å². The molecule has 2 rings (SSSR count). The number of aliphatic hydroxyl groups is 1. The van der Waals surface area contributed by atoms with Gasteiger partial charge in [-0.2, -0.15) is 0 Å². The molecule has 1 aliphatic carbocycles. The molecule has 0 spiro atoms. The molecule has 0 aromatic carbocycles. The van der Waals surface area contributed by atoms with Gasteiger partial charge >= 0.3 is 12.0 Å². The summed E-state index contributed by atoms with van der Waals surface area (Å²) in [5, 5.41) is 26.2. The van der Waals surface area contributed by atoms with Crippen molar-refractivity contribution in [3.63, 3.8) is 0 Å². The van der Waals surface area contributed by atoms with Crippen LogP contribution in [0.1, 0.15) is 42.5 Å². The first-order chi connectivity index (χ1) is 9.50. The molecule has 1 aromatic rings. The van der Waals surface area contributed by atoms with Gasteiger partial charge in [-0.3, -0.25) is 5.32 Å². The number of urea groups is 1. The molecule has 20 heavy (non-hydrogen) atoms. The molecule has 7 heteroatoms. The van der Waals surface area contributed by atoms with Gasteiger partial charge in [0.15, 0.2) is 0 Å². The Morgan fingerprint density at radius 1 is 1.30 bits per heavy atom. The molecule has 6 nitrogen and oxygen atoms in total. The van der Waals surface area contributed by atoms with E-state index in [1.807, 2.05) is 0 Å². The van der Waals surface area contributed by atoms with E-state index in [0.29, 0.717) is 17.8 Å². The van der Waals surface area contributed by atoms with Crippen LogP contribution in [0.5, 0.6) is 0 Å². The zero-order valence-electron chi connectivity index (χ0n) is 11.0. The largest absolute Gasteiger partial charge is 0.478 e. The van der Waals surface area contributed by atoms with E-state index in [1.54, 1.807) is 5.38 Å². The molecule has 0 aliphatic heterocycles. The highest BCUT2D eigenvalue weighted by Crippen LogP contribution is 2.27. The summed E-state index contributed by atoms with van der Waals surface area (Å²) >= 11 is 1.15. The standard InChI is InChI=1S/C13H18N2O4S/c16-11(17)9-4-7-20-10(9)15-12(18)14-8-13(19)5-2-1-3-6-13/h4,7,19H,1-3,5-6,8H2,(H,16,17)(H2,14,15,18). The smallest absolute Gasteiger partial charge is 0.338 e. The van der Waals surface area contributed by atoms with Crippen molar-refractivity contribution >= 4 is 28.3 Å². The number of rotatable bonds is 4. The number of thiophene rings is 1. The molecule has 0 saturated heterocycles. The zero-order valence-corrected chi connectivity index (χ0v) is 11.8. The maximum absolute atomic E-state index is 11.8. The number of carbonyl (C=O) groups excluding carboxylic acids is 1. The lowest BCUT2D eigenvalue weighted by molar-refractivity contribution is 0.00754. The minimum atomic E-state index is -1.08. The molecular weight excluding hydrogens is 280 g/mol. The van der Waals surface area contributed by atoms with E-state index in [2.05, 4.69) is 10.6 Å². The predicted molar refractivity (Wildman–Crippen MR) is 76.3 cm³/mol. The Morgan fingerprint density at radius 3 is 2.65 bits per heavy atom. The molecule has 0 radical (unpaired) electrons. The number of aromatic carboxylic acids is 1. The maximum Gasteiger partial charge on any atom is 0.338 e. The Hall–Kier alpha value is -1.60. The van der Waals surface area contributed by atoms with E-state index in [0.717, 1.165) is 30.6 Å².